The standard InChI is InChI=1S/C14H8ClF4NO2/c15-10-6-12(17)11(16)5-9(10)13(21)20-7-1-3-8(4-2-7)22-14(18)19/h1-6,14H,(H,20,21). The van der Waals surface area contributed by atoms with E-state index < -0.39 is 24.2 Å². The molecule has 0 aliphatic heterocycles. The molecule has 1 N–H and O–H groups in total. The SMILES string of the molecule is O=C(Nc1ccc(OC(F)F)cc1)c1cc(F)c(F)cc1Cl. The Balaban J connectivity index is 2.13. The third kappa shape index (κ3) is 3.88. The van der Waals surface area contributed by atoms with Gasteiger partial charge in [0.15, 0.2) is 11.6 Å². The van der Waals surface area contributed by atoms with E-state index in [4.69, 9.17) is 11.6 Å². The average Bonchev–Trinajstić information content (AvgIpc) is 2.44. The van der Waals surface area contributed by atoms with Crippen molar-refractivity contribution in [2.24, 2.45) is 0 Å². The van der Waals surface area contributed by atoms with Gasteiger partial charge in [-0.3, -0.25) is 4.79 Å². The summed E-state index contributed by atoms with van der Waals surface area (Å²) < 4.78 is 54.2. The fourth-order valence-corrected chi connectivity index (χ4v) is 1.85. The summed E-state index contributed by atoms with van der Waals surface area (Å²) in [6, 6.07) is 6.41. The largest absolute Gasteiger partial charge is 0.435 e. The normalized spacial score (nSPS) is 10.6. The van der Waals surface area contributed by atoms with E-state index in [9.17, 15) is 22.4 Å². The van der Waals surface area contributed by atoms with Crippen LogP contribution in [0.1, 0.15) is 10.4 Å². The minimum Gasteiger partial charge on any atom is -0.435 e. The lowest BCUT2D eigenvalue weighted by molar-refractivity contribution is -0.0498. The number of rotatable bonds is 4. The molecule has 0 heterocycles. The summed E-state index contributed by atoms with van der Waals surface area (Å²) in [5, 5.41) is 2.12. The van der Waals surface area contributed by atoms with Gasteiger partial charge in [0, 0.05) is 5.69 Å². The number of benzene rings is 2. The number of ether oxygens (including phenoxy) is 1. The van der Waals surface area contributed by atoms with Crippen LogP contribution < -0.4 is 10.1 Å². The van der Waals surface area contributed by atoms with Crippen LogP contribution in [0.15, 0.2) is 36.4 Å². The van der Waals surface area contributed by atoms with Gasteiger partial charge < -0.3 is 10.1 Å². The molecule has 116 valence electrons. The van der Waals surface area contributed by atoms with Crippen molar-refractivity contribution in [3.63, 3.8) is 0 Å². The lowest BCUT2D eigenvalue weighted by Gasteiger charge is -2.09. The molecule has 0 radical (unpaired) electrons. The fraction of sp³-hybridized carbons (Fsp3) is 0.0714. The third-order valence-electron chi connectivity index (χ3n) is 2.59. The molecule has 0 aliphatic rings. The van der Waals surface area contributed by atoms with Crippen molar-refractivity contribution >= 4 is 23.2 Å². The summed E-state index contributed by atoms with van der Waals surface area (Å²) in [5.41, 5.74) is -0.0131. The second-order valence-electron chi connectivity index (χ2n) is 4.10. The summed E-state index contributed by atoms with van der Waals surface area (Å²) in [5.74, 6) is -3.24. The average molecular weight is 334 g/mol. The van der Waals surface area contributed by atoms with E-state index >= 15 is 0 Å². The first-order chi connectivity index (χ1) is 10.4. The second-order valence-corrected chi connectivity index (χ2v) is 4.51. The summed E-state index contributed by atoms with van der Waals surface area (Å²) in [7, 11) is 0. The number of hydrogen-bond donors (Lipinski definition) is 1. The molecule has 0 fully saturated rings. The molecule has 0 saturated heterocycles. The van der Waals surface area contributed by atoms with Gasteiger partial charge in [-0.2, -0.15) is 8.78 Å². The van der Waals surface area contributed by atoms with Crippen molar-refractivity contribution < 1.29 is 27.1 Å². The van der Waals surface area contributed by atoms with Crippen molar-refractivity contribution in [1.82, 2.24) is 0 Å². The number of hydrogen-bond acceptors (Lipinski definition) is 2. The van der Waals surface area contributed by atoms with Crippen LogP contribution in [0.2, 0.25) is 5.02 Å². The van der Waals surface area contributed by atoms with Crippen molar-refractivity contribution in [2.45, 2.75) is 6.61 Å². The summed E-state index contributed by atoms with van der Waals surface area (Å²) in [6.45, 7) is -2.96. The highest BCUT2D eigenvalue weighted by Gasteiger charge is 2.15. The molecular formula is C14H8ClF4NO2. The predicted octanol–water partition coefficient (Wildman–Crippen LogP) is 4.47. The maximum absolute atomic E-state index is 13.1. The Bertz CT molecular complexity index is 692. The highest BCUT2D eigenvalue weighted by atomic mass is 35.5. The van der Waals surface area contributed by atoms with Crippen LogP contribution in [0, 0.1) is 11.6 Å². The van der Waals surface area contributed by atoms with Crippen LogP contribution >= 0.6 is 11.6 Å². The topological polar surface area (TPSA) is 38.3 Å². The third-order valence-corrected chi connectivity index (χ3v) is 2.90. The monoisotopic (exact) mass is 333 g/mol. The Labute approximate surface area is 127 Å². The van der Waals surface area contributed by atoms with Crippen LogP contribution in [0.3, 0.4) is 0 Å². The van der Waals surface area contributed by atoms with Gasteiger partial charge in [-0.15, -0.1) is 0 Å². The highest BCUT2D eigenvalue weighted by molar-refractivity contribution is 6.34. The van der Waals surface area contributed by atoms with E-state index in [2.05, 4.69) is 10.1 Å². The van der Waals surface area contributed by atoms with Crippen LogP contribution in [0.4, 0.5) is 23.2 Å². The zero-order chi connectivity index (χ0) is 16.3. The molecule has 2 aromatic carbocycles. The molecule has 8 heteroatoms. The number of carbonyl (C=O) groups is 1. The first-order valence-corrected chi connectivity index (χ1v) is 6.25. The number of amides is 1. The molecule has 3 nitrogen and oxygen atoms in total. The molecule has 0 unspecified atom stereocenters. The zero-order valence-corrected chi connectivity index (χ0v) is 11.5. The van der Waals surface area contributed by atoms with Gasteiger partial charge in [-0.05, 0) is 36.4 Å². The molecule has 0 atom stereocenters. The van der Waals surface area contributed by atoms with Gasteiger partial charge in [0.2, 0.25) is 0 Å². The molecule has 2 rings (SSSR count). The van der Waals surface area contributed by atoms with E-state index in [0.717, 1.165) is 0 Å². The second kappa shape index (κ2) is 6.65. The lowest BCUT2D eigenvalue weighted by atomic mass is 10.2. The number of carbonyl (C=O) groups excluding carboxylic acids is 1. The van der Waals surface area contributed by atoms with Gasteiger partial charge >= 0.3 is 6.61 Å². The number of alkyl halides is 2. The minimum absolute atomic E-state index is 0.0844. The Kier molecular flexibility index (Phi) is 4.87. The molecular weight excluding hydrogens is 326 g/mol. The molecule has 2 aromatic rings. The van der Waals surface area contributed by atoms with Gasteiger partial charge in [0.1, 0.15) is 5.75 Å². The summed E-state index contributed by atoms with van der Waals surface area (Å²) in [4.78, 5) is 11.9. The van der Waals surface area contributed by atoms with Crippen LogP contribution in [-0.2, 0) is 0 Å². The number of anilines is 1. The molecule has 0 spiro atoms. The summed E-state index contributed by atoms with van der Waals surface area (Å²) in [6.07, 6.45) is 0. The first-order valence-electron chi connectivity index (χ1n) is 5.87. The molecule has 0 aliphatic carbocycles. The van der Waals surface area contributed by atoms with E-state index in [0.29, 0.717) is 12.1 Å². The van der Waals surface area contributed by atoms with E-state index in [1.807, 2.05) is 0 Å². The Morgan fingerprint density at radius 1 is 1.09 bits per heavy atom. The van der Waals surface area contributed by atoms with E-state index in [-0.39, 0.29) is 22.0 Å². The number of halogens is 5. The van der Waals surface area contributed by atoms with Crippen LogP contribution in [0.25, 0.3) is 0 Å². The van der Waals surface area contributed by atoms with Gasteiger partial charge in [-0.1, -0.05) is 11.6 Å². The Morgan fingerprint density at radius 2 is 1.68 bits per heavy atom. The molecule has 0 aromatic heterocycles. The van der Waals surface area contributed by atoms with E-state index in [1.165, 1.54) is 24.3 Å². The van der Waals surface area contributed by atoms with Crippen molar-refractivity contribution in [1.29, 1.82) is 0 Å². The smallest absolute Gasteiger partial charge is 0.387 e. The first kappa shape index (κ1) is 16.1. The lowest BCUT2D eigenvalue weighted by Crippen LogP contribution is -2.13. The van der Waals surface area contributed by atoms with E-state index in [1.54, 1.807) is 0 Å². The maximum atomic E-state index is 13.1. The predicted molar refractivity (Wildman–Crippen MR) is 72.4 cm³/mol. The quantitative estimate of drug-likeness (QED) is 0.662. The van der Waals surface area contributed by atoms with Gasteiger partial charge in [0.05, 0.1) is 10.6 Å². The number of nitrogens with one attached hydrogen (secondary N) is 1. The summed E-state index contributed by atoms with van der Waals surface area (Å²) >= 11 is 5.67. The molecule has 0 saturated carbocycles. The van der Waals surface area contributed by atoms with Crippen molar-refractivity contribution in [2.75, 3.05) is 5.32 Å². The maximum Gasteiger partial charge on any atom is 0.387 e. The molecule has 0 bridgehead atoms. The zero-order valence-electron chi connectivity index (χ0n) is 10.7. The van der Waals surface area contributed by atoms with Crippen LogP contribution in [0.5, 0.6) is 5.75 Å². The molecule has 1 amide bonds. The van der Waals surface area contributed by atoms with Crippen molar-refractivity contribution in [3.05, 3.63) is 58.6 Å². The Morgan fingerprint density at radius 3 is 2.27 bits per heavy atom. The minimum atomic E-state index is -2.96. The van der Waals surface area contributed by atoms with Gasteiger partial charge in [0.25, 0.3) is 5.91 Å². The van der Waals surface area contributed by atoms with Gasteiger partial charge in [-0.25, -0.2) is 8.78 Å². The Hall–Kier alpha value is -2.28. The van der Waals surface area contributed by atoms with Crippen LogP contribution in [-0.4, -0.2) is 12.5 Å². The molecule has 22 heavy (non-hydrogen) atoms. The van der Waals surface area contributed by atoms with Crippen molar-refractivity contribution in [3.8, 4) is 5.75 Å². The fourth-order valence-electron chi connectivity index (χ4n) is 1.61. The highest BCUT2D eigenvalue weighted by Crippen LogP contribution is 2.22.